The van der Waals surface area contributed by atoms with E-state index in [0.29, 0.717) is 19.1 Å². The van der Waals surface area contributed by atoms with Crippen molar-refractivity contribution in [3.05, 3.63) is 0 Å². The van der Waals surface area contributed by atoms with Crippen molar-refractivity contribution in [3.8, 4) is 11.8 Å². The molecule has 2 aliphatic rings. The summed E-state index contributed by atoms with van der Waals surface area (Å²) in [4.78, 5) is 11.4. The zero-order chi connectivity index (χ0) is 13.5. The number of ether oxygens (including phenoxy) is 3. The Morgan fingerprint density at radius 3 is 3.00 bits per heavy atom. The molecule has 2 rings (SSSR count). The van der Waals surface area contributed by atoms with Crippen LogP contribution in [0.2, 0.25) is 0 Å². The van der Waals surface area contributed by atoms with Crippen LogP contribution < -0.4 is 0 Å². The number of carbonyl (C=O) groups is 1. The van der Waals surface area contributed by atoms with Crippen molar-refractivity contribution in [1.29, 1.82) is 0 Å². The van der Waals surface area contributed by atoms with Crippen LogP contribution >= 0.6 is 0 Å². The average molecular weight is 266 g/mol. The van der Waals surface area contributed by atoms with Crippen LogP contribution in [0.3, 0.4) is 0 Å². The van der Waals surface area contributed by atoms with Gasteiger partial charge in [0, 0.05) is 12.5 Å². The molecular formula is C15H22O4. The van der Waals surface area contributed by atoms with Gasteiger partial charge in [-0.05, 0) is 32.1 Å². The topological polar surface area (TPSA) is 44.8 Å². The molecule has 106 valence electrons. The Hall–Kier alpha value is -1.05. The molecule has 0 radical (unpaired) electrons. The summed E-state index contributed by atoms with van der Waals surface area (Å²) in [5, 5.41) is 0. The summed E-state index contributed by atoms with van der Waals surface area (Å²) >= 11 is 0. The van der Waals surface area contributed by atoms with Gasteiger partial charge < -0.3 is 14.2 Å². The summed E-state index contributed by atoms with van der Waals surface area (Å²) in [7, 11) is 1.45. The predicted molar refractivity (Wildman–Crippen MR) is 70.4 cm³/mol. The quantitative estimate of drug-likeness (QED) is 0.577. The molecule has 0 N–H and O–H groups in total. The molecule has 1 aliphatic carbocycles. The highest BCUT2D eigenvalue weighted by atomic mass is 16.5. The van der Waals surface area contributed by atoms with E-state index < -0.39 is 0 Å². The summed E-state index contributed by atoms with van der Waals surface area (Å²) in [5.41, 5.74) is 0. The molecule has 2 fully saturated rings. The molecule has 19 heavy (non-hydrogen) atoms. The lowest BCUT2D eigenvalue weighted by Crippen LogP contribution is -2.25. The van der Waals surface area contributed by atoms with Crippen LogP contribution in [0.4, 0.5) is 0 Å². The maximum Gasteiger partial charge on any atom is 0.308 e. The van der Waals surface area contributed by atoms with Gasteiger partial charge in [-0.2, -0.15) is 0 Å². The highest BCUT2D eigenvalue weighted by Gasteiger charge is 2.29. The predicted octanol–water partition coefficient (Wildman–Crippen LogP) is 1.77. The van der Waals surface area contributed by atoms with E-state index in [2.05, 4.69) is 11.8 Å². The smallest absolute Gasteiger partial charge is 0.308 e. The third kappa shape index (κ3) is 4.52. The van der Waals surface area contributed by atoms with Gasteiger partial charge in [0.15, 0.2) is 0 Å². The maximum absolute atomic E-state index is 11.4. The fourth-order valence-corrected chi connectivity index (χ4v) is 2.68. The summed E-state index contributed by atoms with van der Waals surface area (Å²) in [6.45, 7) is 2.01. The number of hydrogen-bond donors (Lipinski definition) is 0. The van der Waals surface area contributed by atoms with E-state index in [1.807, 2.05) is 0 Å². The molecule has 0 aromatic carbocycles. The maximum atomic E-state index is 11.4. The van der Waals surface area contributed by atoms with Gasteiger partial charge in [-0.1, -0.05) is 11.8 Å². The molecule has 0 amide bonds. The first kappa shape index (κ1) is 14.4. The number of methoxy groups -OCH3 is 1. The second-order valence-corrected chi connectivity index (χ2v) is 5.20. The number of carbonyl (C=O) groups excluding carboxylic acids is 1. The molecular weight excluding hydrogens is 244 g/mol. The van der Waals surface area contributed by atoms with E-state index in [4.69, 9.17) is 14.2 Å². The van der Waals surface area contributed by atoms with E-state index in [0.717, 1.165) is 38.7 Å². The first-order valence-corrected chi connectivity index (χ1v) is 7.05. The average Bonchev–Trinajstić information content (AvgIpc) is 2.93. The lowest BCUT2D eigenvalue weighted by atomic mass is 10.1. The van der Waals surface area contributed by atoms with E-state index >= 15 is 0 Å². The van der Waals surface area contributed by atoms with Gasteiger partial charge in [0.25, 0.3) is 0 Å². The zero-order valence-electron chi connectivity index (χ0n) is 11.5. The molecule has 3 atom stereocenters. The molecule has 4 heteroatoms. The largest absolute Gasteiger partial charge is 0.469 e. The molecule has 1 heterocycles. The monoisotopic (exact) mass is 266 g/mol. The third-order valence-electron chi connectivity index (χ3n) is 3.78. The van der Waals surface area contributed by atoms with Crippen LogP contribution in [0, 0.1) is 23.7 Å². The van der Waals surface area contributed by atoms with Gasteiger partial charge >= 0.3 is 5.97 Å². The molecule has 0 bridgehead atoms. The molecule has 0 aromatic heterocycles. The van der Waals surface area contributed by atoms with Crippen molar-refractivity contribution in [2.24, 2.45) is 11.8 Å². The minimum absolute atomic E-state index is 0.0389. The van der Waals surface area contributed by atoms with Crippen molar-refractivity contribution in [1.82, 2.24) is 0 Å². The minimum atomic E-state index is -0.0973. The Bertz CT molecular complexity index is 349. The van der Waals surface area contributed by atoms with Crippen LogP contribution in [0.15, 0.2) is 0 Å². The first-order valence-electron chi connectivity index (χ1n) is 7.05. The molecule has 1 saturated heterocycles. The Balaban J connectivity index is 1.65. The lowest BCUT2D eigenvalue weighted by molar-refractivity contribution is -0.145. The van der Waals surface area contributed by atoms with E-state index in [-0.39, 0.29) is 18.0 Å². The van der Waals surface area contributed by atoms with Gasteiger partial charge in [0.1, 0.15) is 6.61 Å². The van der Waals surface area contributed by atoms with Crippen LogP contribution in [-0.2, 0) is 19.0 Å². The summed E-state index contributed by atoms with van der Waals surface area (Å²) in [5.74, 6) is 6.54. The summed E-state index contributed by atoms with van der Waals surface area (Å²) < 4.78 is 15.8. The fraction of sp³-hybridized carbons (Fsp3) is 0.800. The van der Waals surface area contributed by atoms with Crippen LogP contribution in [0.1, 0.15) is 32.1 Å². The molecule has 4 nitrogen and oxygen atoms in total. The van der Waals surface area contributed by atoms with Crippen LogP contribution in [0.5, 0.6) is 0 Å². The molecule has 0 spiro atoms. The van der Waals surface area contributed by atoms with Crippen LogP contribution in [-0.4, -0.2) is 39.0 Å². The highest BCUT2D eigenvalue weighted by Crippen LogP contribution is 2.31. The Labute approximate surface area is 114 Å². The normalized spacial score (nSPS) is 30.5. The standard InChI is InChI=1S/C15H22O4/c1-17-15(16)13-7-6-12(10-13)4-2-9-19-14-5-3-8-18-11-14/h12-14H,3,5-11H2,1H3/t12-,13-,14?/m0/s1. The molecule has 1 unspecified atom stereocenters. The summed E-state index contributed by atoms with van der Waals surface area (Å²) in [6, 6.07) is 0. The Morgan fingerprint density at radius 2 is 2.26 bits per heavy atom. The van der Waals surface area contributed by atoms with Crippen molar-refractivity contribution in [2.75, 3.05) is 26.9 Å². The Kier molecular flexibility index (Phi) is 5.68. The third-order valence-corrected chi connectivity index (χ3v) is 3.78. The van der Waals surface area contributed by atoms with E-state index in [1.165, 1.54) is 7.11 Å². The van der Waals surface area contributed by atoms with Gasteiger partial charge in [0.2, 0.25) is 0 Å². The molecule has 1 aliphatic heterocycles. The highest BCUT2D eigenvalue weighted by molar-refractivity contribution is 5.72. The SMILES string of the molecule is COC(=O)[C@H]1CC[C@H](C#CCOC2CCCOC2)C1. The number of hydrogen-bond acceptors (Lipinski definition) is 4. The van der Waals surface area contributed by atoms with Gasteiger partial charge in [-0.25, -0.2) is 0 Å². The number of rotatable bonds is 3. The minimum Gasteiger partial charge on any atom is -0.469 e. The lowest BCUT2D eigenvalue weighted by Gasteiger charge is -2.21. The van der Waals surface area contributed by atoms with Crippen molar-refractivity contribution >= 4 is 5.97 Å². The second-order valence-electron chi connectivity index (χ2n) is 5.20. The zero-order valence-corrected chi connectivity index (χ0v) is 11.5. The molecule has 1 saturated carbocycles. The van der Waals surface area contributed by atoms with Gasteiger partial charge in [-0.15, -0.1) is 0 Å². The van der Waals surface area contributed by atoms with Gasteiger partial charge in [-0.3, -0.25) is 4.79 Å². The van der Waals surface area contributed by atoms with Crippen molar-refractivity contribution < 1.29 is 19.0 Å². The second kappa shape index (κ2) is 7.52. The number of esters is 1. The van der Waals surface area contributed by atoms with Crippen molar-refractivity contribution in [3.63, 3.8) is 0 Å². The van der Waals surface area contributed by atoms with E-state index in [9.17, 15) is 4.79 Å². The van der Waals surface area contributed by atoms with Crippen molar-refractivity contribution in [2.45, 2.75) is 38.2 Å². The molecule has 0 aromatic rings. The summed E-state index contributed by atoms with van der Waals surface area (Å²) in [6.07, 6.45) is 5.04. The fourth-order valence-electron chi connectivity index (χ4n) is 2.68. The van der Waals surface area contributed by atoms with E-state index in [1.54, 1.807) is 0 Å². The Morgan fingerprint density at radius 1 is 1.37 bits per heavy atom. The first-order chi connectivity index (χ1) is 9.29. The van der Waals surface area contributed by atoms with Crippen LogP contribution in [0.25, 0.3) is 0 Å². The van der Waals surface area contributed by atoms with Gasteiger partial charge in [0.05, 0.1) is 25.7 Å².